The highest BCUT2D eigenvalue weighted by Crippen LogP contribution is 2.31. The van der Waals surface area contributed by atoms with Crippen LogP contribution in [0.2, 0.25) is 0 Å². The average Bonchev–Trinajstić information content (AvgIpc) is 2.82. The number of nitrogens with zero attached hydrogens (tertiary/aromatic N) is 2. The Balaban J connectivity index is 2.23. The molecule has 2 aromatic carbocycles. The maximum atomic E-state index is 10.1. The van der Waals surface area contributed by atoms with E-state index in [1.807, 2.05) is 61.5 Å². The molecule has 3 rings (SSSR count). The normalized spacial score (nSPS) is 10.6. The van der Waals surface area contributed by atoms with E-state index in [2.05, 4.69) is 5.10 Å². The Kier molecular flexibility index (Phi) is 2.80. The first kappa shape index (κ1) is 11.5. The summed E-state index contributed by atoms with van der Waals surface area (Å²) in [5, 5.41) is 14.3. The van der Waals surface area contributed by atoms with Gasteiger partial charge in [-0.2, -0.15) is 5.10 Å². The first-order chi connectivity index (χ1) is 9.27. The lowest BCUT2D eigenvalue weighted by atomic mass is 10.1. The number of benzene rings is 2. The van der Waals surface area contributed by atoms with E-state index >= 15 is 0 Å². The van der Waals surface area contributed by atoms with Crippen molar-refractivity contribution >= 4 is 0 Å². The molecule has 0 saturated carbocycles. The molecule has 0 unspecified atom stereocenters. The molecule has 0 bridgehead atoms. The molecule has 0 amide bonds. The monoisotopic (exact) mass is 250 g/mol. The molecule has 1 aromatic heterocycles. The van der Waals surface area contributed by atoms with E-state index in [4.69, 9.17) is 0 Å². The number of hydrogen-bond acceptors (Lipinski definition) is 2. The van der Waals surface area contributed by atoms with E-state index in [1.165, 1.54) is 6.20 Å². The van der Waals surface area contributed by atoms with Crippen LogP contribution in [0.15, 0.2) is 60.8 Å². The summed E-state index contributed by atoms with van der Waals surface area (Å²) >= 11 is 0. The standard InChI is InChI=1S/C16H14N2O/c1-12-7-5-6-10-14(12)18-16(15(19)11-17-18)13-8-3-2-4-9-13/h2-11,19H,1H3. The Morgan fingerprint density at radius 3 is 2.37 bits per heavy atom. The number of para-hydroxylation sites is 1. The molecule has 1 N–H and O–H groups in total. The molecule has 0 saturated heterocycles. The third-order valence-corrected chi connectivity index (χ3v) is 3.14. The SMILES string of the molecule is Cc1ccccc1-n1ncc(O)c1-c1ccccc1. The summed E-state index contributed by atoms with van der Waals surface area (Å²) in [7, 11) is 0. The molecule has 0 radical (unpaired) electrons. The Morgan fingerprint density at radius 2 is 1.63 bits per heavy atom. The van der Waals surface area contributed by atoms with Gasteiger partial charge >= 0.3 is 0 Å². The van der Waals surface area contributed by atoms with Gasteiger partial charge in [0, 0.05) is 5.56 Å². The van der Waals surface area contributed by atoms with E-state index in [-0.39, 0.29) is 5.75 Å². The Morgan fingerprint density at radius 1 is 0.947 bits per heavy atom. The summed E-state index contributed by atoms with van der Waals surface area (Å²) < 4.78 is 1.78. The van der Waals surface area contributed by atoms with Gasteiger partial charge in [0.1, 0.15) is 5.69 Å². The van der Waals surface area contributed by atoms with Crippen molar-refractivity contribution in [1.82, 2.24) is 9.78 Å². The summed E-state index contributed by atoms with van der Waals surface area (Å²) in [5.41, 5.74) is 3.75. The maximum Gasteiger partial charge on any atom is 0.162 e. The van der Waals surface area contributed by atoms with Gasteiger partial charge in [-0.15, -0.1) is 0 Å². The van der Waals surface area contributed by atoms with Crippen LogP contribution in [-0.4, -0.2) is 14.9 Å². The molecule has 0 aliphatic carbocycles. The van der Waals surface area contributed by atoms with Crippen molar-refractivity contribution in [3.8, 4) is 22.7 Å². The van der Waals surface area contributed by atoms with Gasteiger partial charge in [-0.25, -0.2) is 4.68 Å². The van der Waals surface area contributed by atoms with E-state index in [9.17, 15) is 5.11 Å². The van der Waals surface area contributed by atoms with E-state index < -0.39 is 0 Å². The van der Waals surface area contributed by atoms with Crippen LogP contribution in [0.4, 0.5) is 0 Å². The third kappa shape index (κ3) is 1.99. The van der Waals surface area contributed by atoms with Crippen LogP contribution >= 0.6 is 0 Å². The van der Waals surface area contributed by atoms with Crippen molar-refractivity contribution in [3.05, 3.63) is 66.4 Å². The van der Waals surface area contributed by atoms with Crippen molar-refractivity contribution in [3.63, 3.8) is 0 Å². The molecule has 1 heterocycles. The Labute approximate surface area is 111 Å². The molecule has 0 aliphatic rings. The van der Waals surface area contributed by atoms with Crippen LogP contribution in [0.1, 0.15) is 5.56 Å². The molecule has 3 heteroatoms. The molecular formula is C16H14N2O. The molecular weight excluding hydrogens is 236 g/mol. The third-order valence-electron chi connectivity index (χ3n) is 3.14. The highest BCUT2D eigenvalue weighted by Gasteiger charge is 2.14. The van der Waals surface area contributed by atoms with Gasteiger partial charge in [0.2, 0.25) is 0 Å². The van der Waals surface area contributed by atoms with Crippen LogP contribution in [0.25, 0.3) is 16.9 Å². The molecule has 0 aliphatic heterocycles. The molecule has 0 spiro atoms. The minimum atomic E-state index is 0.189. The number of aromatic hydroxyl groups is 1. The first-order valence-corrected chi connectivity index (χ1v) is 6.16. The predicted octanol–water partition coefficient (Wildman–Crippen LogP) is 3.55. The molecule has 19 heavy (non-hydrogen) atoms. The fourth-order valence-electron chi connectivity index (χ4n) is 2.19. The van der Waals surface area contributed by atoms with Gasteiger partial charge in [0.05, 0.1) is 11.9 Å². The fraction of sp³-hybridized carbons (Fsp3) is 0.0625. The summed E-state index contributed by atoms with van der Waals surface area (Å²) in [6.07, 6.45) is 1.48. The molecule has 0 fully saturated rings. The van der Waals surface area contributed by atoms with Crippen LogP contribution < -0.4 is 0 Å². The molecule has 3 nitrogen and oxygen atoms in total. The zero-order chi connectivity index (χ0) is 13.2. The summed E-state index contributed by atoms with van der Waals surface area (Å²) in [4.78, 5) is 0. The van der Waals surface area contributed by atoms with Crippen molar-refractivity contribution in [2.45, 2.75) is 6.92 Å². The first-order valence-electron chi connectivity index (χ1n) is 6.16. The zero-order valence-electron chi connectivity index (χ0n) is 10.6. The predicted molar refractivity (Wildman–Crippen MR) is 75.4 cm³/mol. The highest BCUT2D eigenvalue weighted by molar-refractivity contribution is 5.68. The average molecular weight is 250 g/mol. The lowest BCUT2D eigenvalue weighted by molar-refractivity contribution is 0.477. The lowest BCUT2D eigenvalue weighted by Gasteiger charge is -2.10. The molecule has 3 aromatic rings. The van der Waals surface area contributed by atoms with E-state index in [0.717, 1.165) is 22.5 Å². The van der Waals surface area contributed by atoms with Gasteiger partial charge < -0.3 is 5.11 Å². The van der Waals surface area contributed by atoms with Crippen molar-refractivity contribution < 1.29 is 5.11 Å². The van der Waals surface area contributed by atoms with Gasteiger partial charge in [-0.05, 0) is 18.6 Å². The van der Waals surface area contributed by atoms with Crippen molar-refractivity contribution in [2.24, 2.45) is 0 Å². The van der Waals surface area contributed by atoms with Gasteiger partial charge in [-0.3, -0.25) is 0 Å². The number of aromatic nitrogens is 2. The van der Waals surface area contributed by atoms with Crippen LogP contribution in [-0.2, 0) is 0 Å². The maximum absolute atomic E-state index is 10.1. The van der Waals surface area contributed by atoms with Crippen molar-refractivity contribution in [2.75, 3.05) is 0 Å². The summed E-state index contributed by atoms with van der Waals surface area (Å²) in [6.45, 7) is 2.03. The number of aryl methyl sites for hydroxylation is 1. The van der Waals surface area contributed by atoms with E-state index in [1.54, 1.807) is 4.68 Å². The molecule has 0 atom stereocenters. The fourth-order valence-corrected chi connectivity index (χ4v) is 2.19. The second kappa shape index (κ2) is 4.61. The van der Waals surface area contributed by atoms with Gasteiger partial charge in [0.15, 0.2) is 5.75 Å². The molecule has 94 valence electrons. The van der Waals surface area contributed by atoms with Gasteiger partial charge in [-0.1, -0.05) is 48.5 Å². The van der Waals surface area contributed by atoms with Crippen molar-refractivity contribution in [1.29, 1.82) is 0 Å². The van der Waals surface area contributed by atoms with Crippen LogP contribution in [0.3, 0.4) is 0 Å². The summed E-state index contributed by atoms with van der Waals surface area (Å²) in [6, 6.07) is 17.8. The van der Waals surface area contributed by atoms with Gasteiger partial charge in [0.25, 0.3) is 0 Å². The Hall–Kier alpha value is -2.55. The van der Waals surface area contributed by atoms with E-state index in [0.29, 0.717) is 0 Å². The largest absolute Gasteiger partial charge is 0.504 e. The lowest BCUT2D eigenvalue weighted by Crippen LogP contribution is -2.00. The topological polar surface area (TPSA) is 38.0 Å². The minimum Gasteiger partial charge on any atom is -0.504 e. The Bertz CT molecular complexity index is 702. The van der Waals surface area contributed by atoms with Crippen LogP contribution in [0, 0.1) is 6.92 Å². The smallest absolute Gasteiger partial charge is 0.162 e. The number of rotatable bonds is 2. The second-order valence-electron chi connectivity index (χ2n) is 4.44. The highest BCUT2D eigenvalue weighted by atomic mass is 16.3. The van der Waals surface area contributed by atoms with Crippen LogP contribution in [0.5, 0.6) is 5.75 Å². The zero-order valence-corrected chi connectivity index (χ0v) is 10.6. The quantitative estimate of drug-likeness (QED) is 0.755. The summed E-state index contributed by atoms with van der Waals surface area (Å²) in [5.74, 6) is 0.189. The minimum absolute atomic E-state index is 0.189. The number of hydrogen-bond donors (Lipinski definition) is 1. The second-order valence-corrected chi connectivity index (χ2v) is 4.44.